The number of imide groups is 1. The van der Waals surface area contributed by atoms with Gasteiger partial charge in [0.15, 0.2) is 0 Å². The molecule has 6 nitrogen and oxygen atoms in total. The van der Waals surface area contributed by atoms with Gasteiger partial charge in [0.2, 0.25) is 5.91 Å². The molecular formula is C20H17BrN2O4S. The molecule has 0 spiro atoms. The zero-order chi connectivity index (χ0) is 19.7. The molecule has 8 heteroatoms. The summed E-state index contributed by atoms with van der Waals surface area (Å²) < 4.78 is 6.76. The van der Waals surface area contributed by atoms with E-state index >= 15 is 0 Å². The molecule has 2 fully saturated rings. The first kappa shape index (κ1) is 19.0. The van der Waals surface area contributed by atoms with Gasteiger partial charge >= 0.3 is 0 Å². The van der Waals surface area contributed by atoms with Gasteiger partial charge < -0.3 is 9.32 Å². The number of carbonyl (C=O) groups is 3. The van der Waals surface area contributed by atoms with Gasteiger partial charge in [0.05, 0.1) is 4.91 Å². The van der Waals surface area contributed by atoms with E-state index in [0.717, 1.165) is 39.5 Å². The lowest BCUT2D eigenvalue weighted by molar-refractivity contribution is -0.135. The number of hydrogen-bond acceptors (Lipinski definition) is 5. The van der Waals surface area contributed by atoms with Crippen LogP contribution >= 0.6 is 27.7 Å². The number of halogens is 1. The van der Waals surface area contributed by atoms with Gasteiger partial charge in [-0.05, 0) is 48.9 Å². The van der Waals surface area contributed by atoms with Gasteiger partial charge in [-0.25, -0.2) is 0 Å². The molecule has 1 aromatic carbocycles. The highest BCUT2D eigenvalue weighted by Crippen LogP contribution is 2.33. The Morgan fingerprint density at radius 2 is 1.82 bits per heavy atom. The topological polar surface area (TPSA) is 70.8 Å². The summed E-state index contributed by atoms with van der Waals surface area (Å²) in [4.78, 5) is 40.0. The highest BCUT2D eigenvalue weighted by Gasteiger charge is 2.37. The maximum Gasteiger partial charge on any atom is 0.294 e. The predicted octanol–water partition coefficient (Wildman–Crippen LogP) is 4.37. The SMILES string of the molecule is O=C(CN1C(=O)S/C(=C/c2ccc(-c3ccc(Br)cc3)o2)C1=O)N1CCCC1. The van der Waals surface area contributed by atoms with Crippen LogP contribution in [0.3, 0.4) is 0 Å². The van der Waals surface area contributed by atoms with Crippen molar-refractivity contribution < 1.29 is 18.8 Å². The molecule has 3 amide bonds. The number of hydrogen-bond donors (Lipinski definition) is 0. The lowest BCUT2D eigenvalue weighted by atomic mass is 10.2. The van der Waals surface area contributed by atoms with Crippen LogP contribution in [0.2, 0.25) is 0 Å². The number of furan rings is 1. The number of nitrogens with zero attached hydrogens (tertiary/aromatic N) is 2. The molecule has 2 aromatic rings. The van der Waals surface area contributed by atoms with Gasteiger partial charge in [0, 0.05) is 29.2 Å². The van der Waals surface area contributed by atoms with E-state index in [1.165, 1.54) is 0 Å². The number of carbonyl (C=O) groups excluding carboxylic acids is 3. The highest BCUT2D eigenvalue weighted by molar-refractivity contribution is 9.10. The average molecular weight is 461 g/mol. The van der Waals surface area contributed by atoms with E-state index in [9.17, 15) is 14.4 Å². The summed E-state index contributed by atoms with van der Waals surface area (Å²) in [5, 5.41) is -0.427. The lowest BCUT2D eigenvalue weighted by Crippen LogP contribution is -2.40. The molecule has 2 saturated heterocycles. The zero-order valence-electron chi connectivity index (χ0n) is 14.9. The Labute approximate surface area is 174 Å². The van der Waals surface area contributed by atoms with Crippen LogP contribution < -0.4 is 0 Å². The summed E-state index contributed by atoms with van der Waals surface area (Å²) in [5.41, 5.74) is 0.909. The second-order valence-electron chi connectivity index (χ2n) is 6.56. The maximum atomic E-state index is 12.6. The Hall–Kier alpha value is -2.32. The molecule has 0 N–H and O–H groups in total. The standard InChI is InChI=1S/C20H17BrN2O4S/c21-14-5-3-13(4-6-14)16-8-7-15(27-16)11-17-19(25)23(20(26)28-17)12-18(24)22-9-1-2-10-22/h3-8,11H,1-2,9-10,12H2/b17-11+. The van der Waals surface area contributed by atoms with E-state index < -0.39 is 11.1 Å². The van der Waals surface area contributed by atoms with E-state index in [1.807, 2.05) is 30.3 Å². The molecule has 0 saturated carbocycles. The summed E-state index contributed by atoms with van der Waals surface area (Å²) in [6.45, 7) is 1.18. The Morgan fingerprint density at radius 1 is 1.11 bits per heavy atom. The summed E-state index contributed by atoms with van der Waals surface area (Å²) >= 11 is 4.22. The monoisotopic (exact) mass is 460 g/mol. The summed E-state index contributed by atoms with van der Waals surface area (Å²) in [7, 11) is 0. The van der Waals surface area contributed by atoms with E-state index in [-0.39, 0.29) is 17.4 Å². The van der Waals surface area contributed by atoms with Gasteiger partial charge in [-0.3, -0.25) is 19.3 Å². The molecule has 28 heavy (non-hydrogen) atoms. The summed E-state index contributed by atoms with van der Waals surface area (Å²) in [5.74, 6) is 0.511. The first-order valence-corrected chi connectivity index (χ1v) is 10.5. The second-order valence-corrected chi connectivity index (χ2v) is 8.47. The van der Waals surface area contributed by atoms with Gasteiger partial charge in [-0.2, -0.15) is 0 Å². The number of amides is 3. The molecule has 0 atom stereocenters. The van der Waals surface area contributed by atoms with Crippen LogP contribution in [-0.2, 0) is 9.59 Å². The normalized spacial score (nSPS) is 18.5. The Morgan fingerprint density at radius 3 is 2.54 bits per heavy atom. The zero-order valence-corrected chi connectivity index (χ0v) is 17.3. The fraction of sp³-hybridized carbons (Fsp3) is 0.250. The molecular weight excluding hydrogens is 444 g/mol. The maximum absolute atomic E-state index is 12.6. The predicted molar refractivity (Wildman–Crippen MR) is 110 cm³/mol. The number of benzene rings is 1. The van der Waals surface area contributed by atoms with E-state index in [4.69, 9.17) is 4.42 Å². The Kier molecular flexibility index (Phi) is 5.41. The Balaban J connectivity index is 1.48. The van der Waals surface area contributed by atoms with E-state index in [2.05, 4.69) is 15.9 Å². The van der Waals surface area contributed by atoms with Crippen molar-refractivity contribution >= 4 is 50.8 Å². The quantitative estimate of drug-likeness (QED) is 0.633. The molecule has 4 rings (SSSR count). The average Bonchev–Trinajstić information content (AvgIpc) is 3.41. The largest absolute Gasteiger partial charge is 0.457 e. The molecule has 2 aliphatic heterocycles. The smallest absolute Gasteiger partial charge is 0.294 e. The first-order valence-electron chi connectivity index (χ1n) is 8.90. The third-order valence-corrected chi connectivity index (χ3v) is 6.09. The number of likely N-dealkylation sites (tertiary alicyclic amines) is 1. The van der Waals surface area contributed by atoms with Crippen molar-refractivity contribution in [2.45, 2.75) is 12.8 Å². The number of thioether (sulfide) groups is 1. The fourth-order valence-electron chi connectivity index (χ4n) is 3.17. The lowest BCUT2D eigenvalue weighted by Gasteiger charge is -2.18. The van der Waals surface area contributed by atoms with Crippen molar-refractivity contribution in [3.8, 4) is 11.3 Å². The minimum absolute atomic E-state index is 0.184. The van der Waals surface area contributed by atoms with Crippen molar-refractivity contribution in [2.75, 3.05) is 19.6 Å². The van der Waals surface area contributed by atoms with Crippen LogP contribution in [0, 0.1) is 0 Å². The highest BCUT2D eigenvalue weighted by atomic mass is 79.9. The van der Waals surface area contributed by atoms with Crippen LogP contribution in [0.5, 0.6) is 0 Å². The van der Waals surface area contributed by atoms with Crippen molar-refractivity contribution in [1.82, 2.24) is 9.80 Å². The van der Waals surface area contributed by atoms with Crippen LogP contribution in [0.1, 0.15) is 18.6 Å². The van der Waals surface area contributed by atoms with Crippen molar-refractivity contribution in [2.24, 2.45) is 0 Å². The summed E-state index contributed by atoms with van der Waals surface area (Å²) in [6.07, 6.45) is 3.48. The molecule has 0 bridgehead atoms. The van der Waals surface area contributed by atoms with Crippen LogP contribution in [0.4, 0.5) is 4.79 Å². The van der Waals surface area contributed by atoms with Crippen LogP contribution in [0.15, 0.2) is 50.2 Å². The molecule has 3 heterocycles. The molecule has 0 aliphatic carbocycles. The van der Waals surface area contributed by atoms with Crippen LogP contribution in [0.25, 0.3) is 17.4 Å². The molecule has 0 radical (unpaired) electrons. The molecule has 1 aromatic heterocycles. The Bertz CT molecular complexity index is 961. The van der Waals surface area contributed by atoms with E-state index in [0.29, 0.717) is 24.6 Å². The molecule has 144 valence electrons. The van der Waals surface area contributed by atoms with Gasteiger partial charge in [-0.1, -0.05) is 28.1 Å². The van der Waals surface area contributed by atoms with Crippen molar-refractivity contribution in [1.29, 1.82) is 0 Å². The number of rotatable bonds is 4. The third-order valence-electron chi connectivity index (χ3n) is 4.65. The van der Waals surface area contributed by atoms with Crippen molar-refractivity contribution in [3.05, 3.63) is 51.5 Å². The molecule has 2 aliphatic rings. The van der Waals surface area contributed by atoms with Gasteiger partial charge in [-0.15, -0.1) is 0 Å². The van der Waals surface area contributed by atoms with E-state index in [1.54, 1.807) is 17.0 Å². The van der Waals surface area contributed by atoms with Crippen molar-refractivity contribution in [3.63, 3.8) is 0 Å². The molecule has 0 unspecified atom stereocenters. The van der Waals surface area contributed by atoms with Gasteiger partial charge in [0.25, 0.3) is 11.1 Å². The van der Waals surface area contributed by atoms with Crippen LogP contribution in [-0.4, -0.2) is 46.5 Å². The van der Waals surface area contributed by atoms with Gasteiger partial charge in [0.1, 0.15) is 18.1 Å². The third kappa shape index (κ3) is 3.93. The minimum Gasteiger partial charge on any atom is -0.457 e. The first-order chi connectivity index (χ1) is 13.5. The minimum atomic E-state index is -0.455. The summed E-state index contributed by atoms with van der Waals surface area (Å²) in [6, 6.07) is 11.2. The fourth-order valence-corrected chi connectivity index (χ4v) is 4.25. The second kappa shape index (κ2) is 7.97.